The molecule has 1 heterocycles. The van der Waals surface area contributed by atoms with Gasteiger partial charge in [-0.1, -0.05) is 129 Å². The molecular formula is C47H86NO11P. The van der Waals surface area contributed by atoms with Crippen molar-refractivity contribution in [3.8, 4) is 0 Å². The molecule has 0 aliphatic rings. The van der Waals surface area contributed by atoms with E-state index in [9.17, 15) is 29.3 Å². The summed E-state index contributed by atoms with van der Waals surface area (Å²) in [5, 5.41) is 20.5. The second kappa shape index (κ2) is 36.4. The Kier molecular flexibility index (Phi) is 34.0. The number of unbranched alkanes of at least 4 members (excludes halogenated alkanes) is 18. The molecular weight excluding hydrogens is 785 g/mol. The number of ether oxygens (including phenoxy) is 2. The van der Waals surface area contributed by atoms with E-state index in [1.807, 2.05) is 6.08 Å². The van der Waals surface area contributed by atoms with Gasteiger partial charge in [-0.3, -0.25) is 18.6 Å². The van der Waals surface area contributed by atoms with Gasteiger partial charge in [0, 0.05) is 32.2 Å². The zero-order chi connectivity index (χ0) is 44.3. The first-order valence-electron chi connectivity index (χ1n) is 23.7. The number of carbonyl (C=O) groups is 2. The number of aryl methyl sites for hydroxylation is 2. The number of allylic oxidation sites excluding steroid dienone is 1. The van der Waals surface area contributed by atoms with Crippen molar-refractivity contribution >= 4 is 19.8 Å². The molecule has 0 saturated heterocycles. The van der Waals surface area contributed by atoms with Crippen molar-refractivity contribution < 1.29 is 52.2 Å². The number of carbonyl (C=O) groups excluding carboxylic acids is 2. The quantitative estimate of drug-likeness (QED) is 0.0211. The maximum absolute atomic E-state index is 12.6. The Morgan fingerprint density at radius 1 is 0.667 bits per heavy atom. The lowest BCUT2D eigenvalue weighted by molar-refractivity contribution is -0.161. The first-order valence-corrected chi connectivity index (χ1v) is 25.2. The maximum Gasteiger partial charge on any atom is 0.472 e. The van der Waals surface area contributed by atoms with Gasteiger partial charge in [0.2, 0.25) is 0 Å². The van der Waals surface area contributed by atoms with E-state index in [1.54, 1.807) is 0 Å². The maximum atomic E-state index is 12.6. The summed E-state index contributed by atoms with van der Waals surface area (Å²) in [4.78, 5) is 35.0. The van der Waals surface area contributed by atoms with Gasteiger partial charge in [-0.25, -0.2) is 4.57 Å². The molecule has 350 valence electrons. The van der Waals surface area contributed by atoms with Crippen LogP contribution in [0.15, 0.2) is 16.6 Å². The minimum atomic E-state index is -4.43. The van der Waals surface area contributed by atoms with Gasteiger partial charge >= 0.3 is 19.8 Å². The average molecular weight is 872 g/mol. The monoisotopic (exact) mass is 872 g/mol. The van der Waals surface area contributed by atoms with Crippen LogP contribution in [0, 0.1) is 13.8 Å². The number of esters is 2. The van der Waals surface area contributed by atoms with Crippen LogP contribution in [-0.4, -0.2) is 71.7 Å². The van der Waals surface area contributed by atoms with Crippen molar-refractivity contribution in [2.45, 2.75) is 226 Å². The van der Waals surface area contributed by atoms with Gasteiger partial charge in [0.25, 0.3) is 0 Å². The van der Waals surface area contributed by atoms with Gasteiger partial charge in [-0.15, -0.1) is 0 Å². The van der Waals surface area contributed by atoms with Gasteiger partial charge in [-0.2, -0.15) is 0 Å². The second-order valence-corrected chi connectivity index (χ2v) is 18.0. The second-order valence-electron chi connectivity index (χ2n) is 16.5. The summed E-state index contributed by atoms with van der Waals surface area (Å²) < 4.78 is 39.0. The molecule has 1 aromatic heterocycles. The highest BCUT2D eigenvalue weighted by molar-refractivity contribution is 7.47. The van der Waals surface area contributed by atoms with Gasteiger partial charge in [0.15, 0.2) is 6.10 Å². The number of aliphatic hydroxyl groups is 2. The fraction of sp³-hybridized carbons (Fsp3) is 0.830. The lowest BCUT2D eigenvalue weighted by atomic mass is 10.0. The normalized spacial score (nSPS) is 14.3. The molecule has 60 heavy (non-hydrogen) atoms. The largest absolute Gasteiger partial charge is 0.472 e. The number of hydrogen-bond acceptors (Lipinski definition) is 11. The standard InChI is InChI=1S/C47H86NO11P/c1-5-7-9-10-18-24-29-42(49)43(50)30-25-19-17-22-28-34-47(52)58-41(38-57-60(53,54)56-36-35-48)37-55-46(51)33-27-21-16-14-12-11-13-15-20-26-32-45-40(4)39(3)44(59-45)31-23-8-6-2/h18,24,41-43,49-50H,5-17,19-23,25-38,48H2,1-4H3,(H,53,54)/b24-18-/t41-,42+,43+/m1/s1. The topological polar surface area (TPSA) is 188 Å². The summed E-state index contributed by atoms with van der Waals surface area (Å²) >= 11 is 0. The molecule has 0 saturated carbocycles. The predicted molar refractivity (Wildman–Crippen MR) is 240 cm³/mol. The molecule has 0 aromatic carbocycles. The van der Waals surface area contributed by atoms with Gasteiger partial charge in [0.05, 0.1) is 25.4 Å². The number of phosphoric ester groups is 1. The van der Waals surface area contributed by atoms with E-state index in [2.05, 4.69) is 33.8 Å². The molecule has 5 N–H and O–H groups in total. The lowest BCUT2D eigenvalue weighted by Crippen LogP contribution is -2.29. The van der Waals surface area contributed by atoms with E-state index in [0.717, 1.165) is 70.6 Å². The van der Waals surface area contributed by atoms with E-state index in [0.29, 0.717) is 25.7 Å². The summed E-state index contributed by atoms with van der Waals surface area (Å²) in [6.45, 7) is 7.84. The highest BCUT2D eigenvalue weighted by Crippen LogP contribution is 2.43. The SMILES string of the molecule is CCCCC/C=C\C[C@H](O)[C@@H](O)CCCCCCCC(=O)O[C@H](COC(=O)CCCCCCCCCCCCc1oc(CCCCC)c(C)c1C)COP(=O)(O)OCCN. The van der Waals surface area contributed by atoms with Crippen LogP contribution in [0.4, 0.5) is 0 Å². The summed E-state index contributed by atoms with van der Waals surface area (Å²) in [6, 6.07) is 0. The Balaban J connectivity index is 2.25. The van der Waals surface area contributed by atoms with Crippen molar-refractivity contribution in [2.24, 2.45) is 5.73 Å². The van der Waals surface area contributed by atoms with Crippen molar-refractivity contribution in [3.05, 3.63) is 34.8 Å². The molecule has 4 atom stereocenters. The van der Waals surface area contributed by atoms with Crippen LogP contribution in [-0.2, 0) is 45.5 Å². The molecule has 12 nitrogen and oxygen atoms in total. The third-order valence-electron chi connectivity index (χ3n) is 11.1. The molecule has 1 unspecified atom stereocenters. The predicted octanol–water partition coefficient (Wildman–Crippen LogP) is 11.0. The number of nitrogens with two attached hydrogens (primary N) is 1. The Hall–Kier alpha value is -2.05. The zero-order valence-corrected chi connectivity index (χ0v) is 39.0. The number of furan rings is 1. The van der Waals surface area contributed by atoms with Crippen LogP contribution >= 0.6 is 7.82 Å². The molecule has 0 bridgehead atoms. The average Bonchev–Trinajstić information content (AvgIpc) is 3.49. The first kappa shape index (κ1) is 56.0. The summed E-state index contributed by atoms with van der Waals surface area (Å²) in [5.41, 5.74) is 8.03. The third-order valence-corrected chi connectivity index (χ3v) is 12.0. The Labute approximate surface area is 363 Å². The number of aliphatic hydroxyl groups excluding tert-OH is 2. The molecule has 13 heteroatoms. The Bertz CT molecular complexity index is 1300. The zero-order valence-electron chi connectivity index (χ0n) is 38.1. The molecule has 0 fully saturated rings. The van der Waals surface area contributed by atoms with Gasteiger partial charge in [-0.05, 0) is 76.3 Å². The van der Waals surface area contributed by atoms with Crippen LogP contribution in [0.1, 0.15) is 203 Å². The smallest absolute Gasteiger partial charge is 0.466 e. The summed E-state index contributed by atoms with van der Waals surface area (Å²) in [7, 11) is -4.43. The number of hydrogen-bond donors (Lipinski definition) is 4. The fourth-order valence-corrected chi connectivity index (χ4v) is 7.84. The van der Waals surface area contributed by atoms with Crippen LogP contribution in [0.2, 0.25) is 0 Å². The van der Waals surface area contributed by atoms with E-state index >= 15 is 0 Å². The Morgan fingerprint density at radius 3 is 1.77 bits per heavy atom. The van der Waals surface area contributed by atoms with Gasteiger partial charge < -0.3 is 34.7 Å². The van der Waals surface area contributed by atoms with Crippen LogP contribution in [0.5, 0.6) is 0 Å². The number of phosphoric acid groups is 1. The third kappa shape index (κ3) is 29.3. The van der Waals surface area contributed by atoms with Gasteiger partial charge in [0.1, 0.15) is 18.1 Å². The summed E-state index contributed by atoms with van der Waals surface area (Å²) in [6.07, 6.45) is 27.9. The minimum absolute atomic E-state index is 0.0244. The number of rotatable bonds is 41. The molecule has 0 spiro atoms. The highest BCUT2D eigenvalue weighted by Gasteiger charge is 2.26. The molecule has 1 aromatic rings. The molecule has 0 radical (unpaired) electrons. The summed E-state index contributed by atoms with van der Waals surface area (Å²) in [5.74, 6) is 1.41. The van der Waals surface area contributed by atoms with Crippen LogP contribution in [0.25, 0.3) is 0 Å². The van der Waals surface area contributed by atoms with Crippen molar-refractivity contribution in [2.75, 3.05) is 26.4 Å². The van der Waals surface area contributed by atoms with E-state index in [1.165, 1.54) is 93.3 Å². The van der Waals surface area contributed by atoms with E-state index in [4.69, 9.17) is 28.7 Å². The molecule has 0 aliphatic heterocycles. The van der Waals surface area contributed by atoms with Crippen molar-refractivity contribution in [3.63, 3.8) is 0 Å². The highest BCUT2D eigenvalue weighted by atomic mass is 31.2. The van der Waals surface area contributed by atoms with E-state index in [-0.39, 0.29) is 32.6 Å². The lowest BCUT2D eigenvalue weighted by Gasteiger charge is -2.20. The van der Waals surface area contributed by atoms with E-state index < -0.39 is 44.7 Å². The van der Waals surface area contributed by atoms with Crippen LogP contribution < -0.4 is 5.73 Å². The first-order chi connectivity index (χ1) is 28.9. The molecule has 1 rings (SSSR count). The van der Waals surface area contributed by atoms with Crippen molar-refractivity contribution in [1.29, 1.82) is 0 Å². The molecule has 0 aliphatic carbocycles. The Morgan fingerprint density at radius 2 is 1.18 bits per heavy atom. The minimum Gasteiger partial charge on any atom is -0.466 e. The van der Waals surface area contributed by atoms with Crippen molar-refractivity contribution in [1.82, 2.24) is 0 Å². The molecule has 0 amide bonds. The fourth-order valence-electron chi connectivity index (χ4n) is 7.07. The van der Waals surface area contributed by atoms with Crippen LogP contribution in [0.3, 0.4) is 0 Å².